The summed E-state index contributed by atoms with van der Waals surface area (Å²) < 4.78 is 16.5. The lowest BCUT2D eigenvalue weighted by Gasteiger charge is -2.18. The zero-order chi connectivity index (χ0) is 37.3. The van der Waals surface area contributed by atoms with Gasteiger partial charge in [0.1, 0.15) is 13.2 Å². The molecule has 1 atom stereocenters. The van der Waals surface area contributed by atoms with Crippen LogP contribution in [0.3, 0.4) is 0 Å². The van der Waals surface area contributed by atoms with E-state index in [0.29, 0.717) is 25.7 Å². The van der Waals surface area contributed by atoms with Crippen LogP contribution in [0.1, 0.15) is 149 Å². The first-order valence-electron chi connectivity index (χ1n) is 19.8. The van der Waals surface area contributed by atoms with Gasteiger partial charge in [-0.05, 0) is 83.5 Å². The Labute approximate surface area is 311 Å². The first-order valence-corrected chi connectivity index (χ1v) is 19.8. The van der Waals surface area contributed by atoms with E-state index in [1.54, 1.807) is 0 Å². The smallest absolute Gasteiger partial charge is 0.306 e. The molecule has 6 heteroatoms. The van der Waals surface area contributed by atoms with Crippen LogP contribution in [0.5, 0.6) is 0 Å². The second kappa shape index (κ2) is 39.1. The molecule has 0 radical (unpaired) electrons. The summed E-state index contributed by atoms with van der Waals surface area (Å²) in [6, 6.07) is 0. The van der Waals surface area contributed by atoms with Gasteiger partial charge in [-0.25, -0.2) is 0 Å². The molecule has 0 heterocycles. The van der Waals surface area contributed by atoms with Gasteiger partial charge in [-0.3, -0.25) is 14.4 Å². The van der Waals surface area contributed by atoms with Crippen LogP contribution in [0.15, 0.2) is 97.2 Å². The molecule has 0 rings (SSSR count). The van der Waals surface area contributed by atoms with Crippen LogP contribution in [-0.4, -0.2) is 37.2 Å². The Morgan fingerprint density at radius 3 is 1.51 bits per heavy atom. The number of hydrogen-bond acceptors (Lipinski definition) is 6. The minimum Gasteiger partial charge on any atom is -0.462 e. The summed E-state index contributed by atoms with van der Waals surface area (Å²) in [6.45, 7) is 6.19. The molecule has 0 aromatic rings. The minimum atomic E-state index is -0.819. The van der Waals surface area contributed by atoms with Crippen LogP contribution in [0.4, 0.5) is 0 Å². The number of allylic oxidation sites excluding steroid dienone is 16. The van der Waals surface area contributed by atoms with Gasteiger partial charge < -0.3 is 14.2 Å². The lowest BCUT2D eigenvalue weighted by molar-refractivity contribution is -0.167. The van der Waals surface area contributed by atoms with E-state index in [-0.39, 0.29) is 37.5 Å². The van der Waals surface area contributed by atoms with Crippen molar-refractivity contribution in [2.75, 3.05) is 13.2 Å². The van der Waals surface area contributed by atoms with Crippen LogP contribution >= 0.6 is 0 Å². The second-order valence-corrected chi connectivity index (χ2v) is 12.5. The van der Waals surface area contributed by atoms with Crippen molar-refractivity contribution in [2.45, 2.75) is 155 Å². The van der Waals surface area contributed by atoms with Gasteiger partial charge in [0.25, 0.3) is 0 Å². The van der Waals surface area contributed by atoms with Crippen molar-refractivity contribution in [1.82, 2.24) is 0 Å². The molecule has 0 saturated heterocycles. The predicted molar refractivity (Wildman–Crippen MR) is 214 cm³/mol. The summed E-state index contributed by atoms with van der Waals surface area (Å²) >= 11 is 0. The van der Waals surface area contributed by atoms with Gasteiger partial charge >= 0.3 is 17.9 Å². The zero-order valence-electron chi connectivity index (χ0n) is 32.3. The summed E-state index contributed by atoms with van der Waals surface area (Å²) in [6.07, 6.45) is 49.8. The molecular formula is C45H70O6. The Kier molecular flexibility index (Phi) is 36.3. The molecule has 51 heavy (non-hydrogen) atoms. The summed E-state index contributed by atoms with van der Waals surface area (Å²) in [5.41, 5.74) is 0. The standard InChI is InChI=1S/C45H70O6/c1-4-7-10-13-16-19-20-21-22-23-24-27-29-32-35-38-44(47)50-41-42(51-45(48)39-36-33-30-26-18-15-12-9-6-3)40-49-43(46)37-34-31-28-25-17-14-11-8-5-2/h7,9-10,12-13,16,18-26,28,42H,4-6,8,11,14-15,17,27,29-41H2,1-3H3/b10-7-,12-9-,16-13-,20-19-,22-21-,24-23-,26-18-,28-25-. The van der Waals surface area contributed by atoms with Crippen molar-refractivity contribution >= 4 is 17.9 Å². The van der Waals surface area contributed by atoms with E-state index >= 15 is 0 Å². The highest BCUT2D eigenvalue weighted by Gasteiger charge is 2.19. The van der Waals surface area contributed by atoms with E-state index in [4.69, 9.17) is 14.2 Å². The molecule has 0 aromatic carbocycles. The van der Waals surface area contributed by atoms with Crippen LogP contribution in [0.2, 0.25) is 0 Å². The molecule has 0 aliphatic heterocycles. The molecule has 0 N–H and O–H groups in total. The average Bonchev–Trinajstić information content (AvgIpc) is 3.12. The first kappa shape index (κ1) is 47.3. The number of unbranched alkanes of at least 4 members (excludes halogenated alkanes) is 10. The number of ether oxygens (including phenoxy) is 3. The van der Waals surface area contributed by atoms with Crippen LogP contribution < -0.4 is 0 Å². The quantitative estimate of drug-likeness (QED) is 0.0222. The van der Waals surface area contributed by atoms with Gasteiger partial charge in [-0.15, -0.1) is 0 Å². The number of esters is 3. The molecule has 0 aromatic heterocycles. The largest absolute Gasteiger partial charge is 0.462 e. The van der Waals surface area contributed by atoms with E-state index in [0.717, 1.165) is 70.6 Å². The number of carbonyl (C=O) groups excluding carboxylic acids is 3. The molecule has 0 amide bonds. The van der Waals surface area contributed by atoms with Crippen molar-refractivity contribution in [3.8, 4) is 0 Å². The number of carbonyl (C=O) groups is 3. The topological polar surface area (TPSA) is 78.9 Å². The van der Waals surface area contributed by atoms with E-state index in [2.05, 4.69) is 69.4 Å². The Balaban J connectivity index is 4.53. The monoisotopic (exact) mass is 707 g/mol. The minimum absolute atomic E-state index is 0.122. The van der Waals surface area contributed by atoms with Crippen LogP contribution in [0.25, 0.3) is 0 Å². The second-order valence-electron chi connectivity index (χ2n) is 12.5. The Hall–Kier alpha value is -3.67. The normalized spacial score (nSPS) is 13.1. The molecule has 0 saturated carbocycles. The maximum Gasteiger partial charge on any atom is 0.306 e. The fourth-order valence-corrected chi connectivity index (χ4v) is 4.74. The van der Waals surface area contributed by atoms with Gasteiger partial charge in [0.2, 0.25) is 0 Å². The maximum absolute atomic E-state index is 12.6. The van der Waals surface area contributed by atoms with Gasteiger partial charge in [0.05, 0.1) is 0 Å². The lowest BCUT2D eigenvalue weighted by atomic mass is 10.1. The van der Waals surface area contributed by atoms with Crippen molar-refractivity contribution in [1.29, 1.82) is 0 Å². The van der Waals surface area contributed by atoms with Crippen LogP contribution in [-0.2, 0) is 28.6 Å². The molecule has 6 nitrogen and oxygen atoms in total. The third-order valence-corrected chi connectivity index (χ3v) is 7.68. The van der Waals surface area contributed by atoms with Gasteiger partial charge in [-0.2, -0.15) is 0 Å². The van der Waals surface area contributed by atoms with E-state index in [1.165, 1.54) is 25.7 Å². The number of hydrogen-bond donors (Lipinski definition) is 0. The third-order valence-electron chi connectivity index (χ3n) is 7.68. The fraction of sp³-hybridized carbons (Fsp3) is 0.578. The molecule has 0 aliphatic carbocycles. The van der Waals surface area contributed by atoms with Crippen molar-refractivity contribution in [3.05, 3.63) is 97.2 Å². The van der Waals surface area contributed by atoms with E-state index < -0.39 is 6.10 Å². The fourth-order valence-electron chi connectivity index (χ4n) is 4.74. The molecule has 1 unspecified atom stereocenters. The highest BCUT2D eigenvalue weighted by molar-refractivity contribution is 5.71. The van der Waals surface area contributed by atoms with Gasteiger partial charge in [-0.1, -0.05) is 144 Å². The highest BCUT2D eigenvalue weighted by Crippen LogP contribution is 2.10. The average molecular weight is 707 g/mol. The highest BCUT2D eigenvalue weighted by atomic mass is 16.6. The maximum atomic E-state index is 12.6. The first-order chi connectivity index (χ1) is 25.0. The van der Waals surface area contributed by atoms with Crippen LogP contribution in [0, 0.1) is 0 Å². The SMILES string of the molecule is CC\C=C/C=C\C=C/C=C\C=C/CCCCCC(=O)OCC(COC(=O)CCC/C=C\CCCCCC)OC(=O)CCCC/C=C\C/C=C\CC. The van der Waals surface area contributed by atoms with Crippen molar-refractivity contribution in [2.24, 2.45) is 0 Å². The summed E-state index contributed by atoms with van der Waals surface area (Å²) in [5, 5.41) is 0. The number of rotatable bonds is 33. The van der Waals surface area contributed by atoms with E-state index in [9.17, 15) is 14.4 Å². The molecule has 0 spiro atoms. The zero-order valence-corrected chi connectivity index (χ0v) is 32.3. The van der Waals surface area contributed by atoms with Crippen molar-refractivity contribution < 1.29 is 28.6 Å². The van der Waals surface area contributed by atoms with Gasteiger partial charge in [0.15, 0.2) is 6.10 Å². The van der Waals surface area contributed by atoms with E-state index in [1.807, 2.05) is 48.6 Å². The predicted octanol–water partition coefficient (Wildman–Crippen LogP) is 12.3. The molecule has 0 bridgehead atoms. The molecule has 0 fully saturated rings. The van der Waals surface area contributed by atoms with Gasteiger partial charge in [0, 0.05) is 19.3 Å². The summed E-state index contributed by atoms with van der Waals surface area (Å²) in [4.78, 5) is 37.4. The molecule has 0 aliphatic rings. The van der Waals surface area contributed by atoms with Crippen molar-refractivity contribution in [3.63, 3.8) is 0 Å². The third kappa shape index (κ3) is 37.4. The lowest BCUT2D eigenvalue weighted by Crippen LogP contribution is -2.30. The Bertz CT molecular complexity index is 1090. The molecular weight excluding hydrogens is 636 g/mol. The Morgan fingerprint density at radius 1 is 0.431 bits per heavy atom. The Morgan fingerprint density at radius 2 is 0.882 bits per heavy atom. The summed E-state index contributed by atoms with van der Waals surface area (Å²) in [7, 11) is 0. The molecule has 286 valence electrons. The summed E-state index contributed by atoms with van der Waals surface area (Å²) in [5.74, 6) is -1.05.